The Balaban J connectivity index is 3.81. The molecule has 19 heavy (non-hydrogen) atoms. The molecule has 1 atom stereocenters. The van der Waals surface area contributed by atoms with Gasteiger partial charge in [0, 0.05) is 20.3 Å². The predicted molar refractivity (Wildman–Crippen MR) is 65.9 cm³/mol. The first kappa shape index (κ1) is 17.2. The molecule has 0 rings (SSSR count). The minimum absolute atomic E-state index is 0.398. The summed E-state index contributed by atoms with van der Waals surface area (Å²) in [6.45, 7) is 1.06. The summed E-state index contributed by atoms with van der Waals surface area (Å²) in [6.07, 6.45) is 1.85. The van der Waals surface area contributed by atoms with Crippen molar-refractivity contribution in [2.75, 3.05) is 20.3 Å². The van der Waals surface area contributed by atoms with Crippen LogP contribution in [0, 0.1) is 0 Å². The molecule has 0 aliphatic carbocycles. The summed E-state index contributed by atoms with van der Waals surface area (Å²) < 4.78 is 4.86. The Morgan fingerprint density at radius 3 is 2.37 bits per heavy atom. The molecule has 0 aliphatic rings. The molecule has 0 aromatic carbocycles. The number of carboxylic acids is 2. The van der Waals surface area contributed by atoms with Gasteiger partial charge >= 0.3 is 18.0 Å². The Hall–Kier alpha value is -1.83. The van der Waals surface area contributed by atoms with E-state index in [9.17, 15) is 14.4 Å². The second-order valence-electron chi connectivity index (χ2n) is 3.94. The van der Waals surface area contributed by atoms with Gasteiger partial charge in [-0.05, 0) is 19.3 Å². The highest BCUT2D eigenvalue weighted by Gasteiger charge is 2.22. The normalized spacial score (nSPS) is 11.6. The van der Waals surface area contributed by atoms with Crippen molar-refractivity contribution in [3.8, 4) is 0 Å². The van der Waals surface area contributed by atoms with E-state index in [2.05, 4.69) is 10.6 Å². The topological polar surface area (TPSA) is 125 Å². The van der Waals surface area contributed by atoms with Gasteiger partial charge in [-0.3, -0.25) is 4.79 Å². The van der Waals surface area contributed by atoms with Crippen LogP contribution in [0.1, 0.15) is 25.7 Å². The van der Waals surface area contributed by atoms with Crippen LogP contribution in [-0.2, 0) is 14.3 Å². The molecule has 0 spiro atoms. The number of aliphatic carboxylic acids is 2. The highest BCUT2D eigenvalue weighted by molar-refractivity contribution is 5.86. The van der Waals surface area contributed by atoms with Gasteiger partial charge < -0.3 is 25.6 Å². The maximum atomic E-state index is 11.3. The van der Waals surface area contributed by atoms with E-state index in [1.54, 1.807) is 7.11 Å². The molecular weight excluding hydrogens is 256 g/mol. The second kappa shape index (κ2) is 10.1. The van der Waals surface area contributed by atoms with E-state index in [0.717, 1.165) is 19.3 Å². The smallest absolute Gasteiger partial charge is 0.326 e. The van der Waals surface area contributed by atoms with Gasteiger partial charge in [-0.15, -0.1) is 0 Å². The number of carbonyl (C=O) groups excluding carboxylic acids is 1. The monoisotopic (exact) mass is 276 g/mol. The van der Waals surface area contributed by atoms with Crippen LogP contribution in [0.3, 0.4) is 0 Å². The van der Waals surface area contributed by atoms with Gasteiger partial charge in [0.2, 0.25) is 0 Å². The lowest BCUT2D eigenvalue weighted by Gasteiger charge is -2.13. The molecule has 0 aromatic heterocycles. The van der Waals surface area contributed by atoms with E-state index in [0.29, 0.717) is 13.2 Å². The molecule has 0 heterocycles. The second-order valence-corrected chi connectivity index (χ2v) is 3.94. The minimum Gasteiger partial charge on any atom is -0.481 e. The molecule has 1 unspecified atom stereocenters. The summed E-state index contributed by atoms with van der Waals surface area (Å²) in [5.41, 5.74) is 0. The van der Waals surface area contributed by atoms with Crippen molar-refractivity contribution in [1.29, 1.82) is 0 Å². The number of methoxy groups -OCH3 is 1. The fourth-order valence-electron chi connectivity index (χ4n) is 1.33. The number of rotatable bonds is 10. The van der Waals surface area contributed by atoms with Crippen molar-refractivity contribution < 1.29 is 29.3 Å². The summed E-state index contributed by atoms with van der Waals surface area (Å²) in [4.78, 5) is 32.4. The third-order valence-electron chi connectivity index (χ3n) is 2.29. The van der Waals surface area contributed by atoms with Gasteiger partial charge in [0.15, 0.2) is 0 Å². The summed E-state index contributed by atoms with van der Waals surface area (Å²) in [5, 5.41) is 21.8. The largest absolute Gasteiger partial charge is 0.481 e. The summed E-state index contributed by atoms with van der Waals surface area (Å²) in [6, 6.07) is -2.11. The highest BCUT2D eigenvalue weighted by atomic mass is 16.5. The number of unbranched alkanes of at least 4 members (excludes halogenated alkanes) is 2. The number of hydrogen-bond acceptors (Lipinski definition) is 4. The summed E-state index contributed by atoms with van der Waals surface area (Å²) in [5.74, 6) is -2.66. The number of urea groups is 1. The first-order valence-electron chi connectivity index (χ1n) is 5.95. The molecule has 0 fully saturated rings. The molecule has 0 aliphatic heterocycles. The molecule has 4 N–H and O–H groups in total. The Morgan fingerprint density at radius 2 is 1.84 bits per heavy atom. The Kier molecular flexibility index (Phi) is 9.15. The molecule has 0 radical (unpaired) electrons. The van der Waals surface area contributed by atoms with Crippen LogP contribution in [0.15, 0.2) is 0 Å². The highest BCUT2D eigenvalue weighted by Crippen LogP contribution is 1.95. The maximum absolute atomic E-state index is 11.3. The van der Waals surface area contributed by atoms with Gasteiger partial charge in [0.05, 0.1) is 6.42 Å². The zero-order valence-electron chi connectivity index (χ0n) is 10.8. The lowest BCUT2D eigenvalue weighted by Crippen LogP contribution is -2.47. The zero-order valence-corrected chi connectivity index (χ0v) is 10.8. The Morgan fingerprint density at radius 1 is 1.16 bits per heavy atom. The van der Waals surface area contributed by atoms with Gasteiger partial charge in [-0.2, -0.15) is 0 Å². The Bertz CT molecular complexity index is 308. The van der Waals surface area contributed by atoms with Crippen molar-refractivity contribution in [2.45, 2.75) is 31.7 Å². The van der Waals surface area contributed by atoms with Gasteiger partial charge in [-0.25, -0.2) is 9.59 Å². The molecule has 0 saturated carbocycles. The van der Waals surface area contributed by atoms with Gasteiger partial charge in [-0.1, -0.05) is 0 Å². The van der Waals surface area contributed by atoms with Crippen molar-refractivity contribution >= 4 is 18.0 Å². The number of nitrogens with one attached hydrogen (secondary N) is 2. The first-order chi connectivity index (χ1) is 8.97. The van der Waals surface area contributed by atoms with Crippen LogP contribution in [0.2, 0.25) is 0 Å². The van der Waals surface area contributed by atoms with E-state index < -0.39 is 30.4 Å². The minimum atomic E-state index is -1.43. The maximum Gasteiger partial charge on any atom is 0.326 e. The molecule has 8 heteroatoms. The number of hydrogen-bond donors (Lipinski definition) is 4. The Labute approximate surface area is 111 Å². The molecule has 2 amide bonds. The SMILES string of the molecule is COCCCCCNC(=O)NC(CC(=O)O)C(=O)O. The van der Waals surface area contributed by atoms with Crippen LogP contribution in [0.5, 0.6) is 0 Å². The quantitative estimate of drug-likeness (QED) is 0.417. The molecule has 0 saturated heterocycles. The number of ether oxygens (including phenoxy) is 1. The van der Waals surface area contributed by atoms with E-state index in [1.165, 1.54) is 0 Å². The standard InChI is InChI=1S/C11H20N2O6/c1-19-6-4-2-3-5-12-11(18)13-8(10(16)17)7-9(14)15/h8H,2-7H2,1H3,(H,14,15)(H,16,17)(H2,12,13,18). The van der Waals surface area contributed by atoms with Crippen molar-refractivity contribution in [3.05, 3.63) is 0 Å². The fourth-order valence-corrected chi connectivity index (χ4v) is 1.33. The average molecular weight is 276 g/mol. The van der Waals surface area contributed by atoms with E-state index >= 15 is 0 Å². The van der Waals surface area contributed by atoms with Gasteiger partial charge in [0.25, 0.3) is 0 Å². The van der Waals surface area contributed by atoms with Crippen molar-refractivity contribution in [3.63, 3.8) is 0 Å². The molecule has 0 bridgehead atoms. The predicted octanol–water partition coefficient (Wildman–Crippen LogP) is 0.0302. The third-order valence-corrected chi connectivity index (χ3v) is 2.29. The fraction of sp³-hybridized carbons (Fsp3) is 0.727. The number of amides is 2. The van der Waals surface area contributed by atoms with Crippen LogP contribution >= 0.6 is 0 Å². The summed E-state index contributed by atoms with van der Waals surface area (Å²) in [7, 11) is 1.61. The van der Waals surface area contributed by atoms with E-state index in [-0.39, 0.29) is 0 Å². The lowest BCUT2D eigenvalue weighted by molar-refractivity contribution is -0.145. The summed E-state index contributed by atoms with van der Waals surface area (Å²) >= 11 is 0. The molecular formula is C11H20N2O6. The first-order valence-corrected chi connectivity index (χ1v) is 5.95. The van der Waals surface area contributed by atoms with Crippen molar-refractivity contribution in [2.24, 2.45) is 0 Å². The number of carboxylic acid groups (broad SMARTS) is 2. The molecule has 110 valence electrons. The van der Waals surface area contributed by atoms with E-state index in [4.69, 9.17) is 14.9 Å². The lowest BCUT2D eigenvalue weighted by atomic mass is 10.2. The van der Waals surface area contributed by atoms with Crippen LogP contribution in [-0.4, -0.2) is 54.5 Å². The van der Waals surface area contributed by atoms with Crippen LogP contribution in [0.25, 0.3) is 0 Å². The van der Waals surface area contributed by atoms with Crippen LogP contribution < -0.4 is 10.6 Å². The average Bonchev–Trinajstić information content (AvgIpc) is 2.32. The van der Waals surface area contributed by atoms with Crippen molar-refractivity contribution in [1.82, 2.24) is 10.6 Å². The number of carbonyl (C=O) groups is 3. The zero-order chi connectivity index (χ0) is 14.7. The van der Waals surface area contributed by atoms with E-state index in [1.807, 2.05) is 0 Å². The van der Waals surface area contributed by atoms with Crippen LogP contribution in [0.4, 0.5) is 4.79 Å². The third kappa shape index (κ3) is 9.83. The molecule has 0 aromatic rings. The molecule has 8 nitrogen and oxygen atoms in total. The van der Waals surface area contributed by atoms with Gasteiger partial charge in [0.1, 0.15) is 6.04 Å².